The van der Waals surface area contributed by atoms with Gasteiger partial charge in [0.05, 0.1) is 26.8 Å². The predicted octanol–water partition coefficient (Wildman–Crippen LogP) is 2.94. The van der Waals surface area contributed by atoms with Gasteiger partial charge in [0, 0.05) is 23.7 Å². The Kier molecular flexibility index (Phi) is 6.13. The van der Waals surface area contributed by atoms with Crippen molar-refractivity contribution < 1.29 is 23.5 Å². The van der Waals surface area contributed by atoms with Crippen molar-refractivity contribution in [1.82, 2.24) is 10.2 Å². The van der Waals surface area contributed by atoms with Crippen LogP contribution in [0.25, 0.3) is 0 Å². The molecule has 1 atom stereocenters. The highest BCUT2D eigenvalue weighted by atomic mass is 19.1. The molecule has 2 aromatic rings. The molecule has 3 rings (SSSR count). The van der Waals surface area contributed by atoms with Gasteiger partial charge < -0.3 is 19.7 Å². The van der Waals surface area contributed by atoms with Crippen LogP contribution in [0, 0.1) is 5.82 Å². The predicted molar refractivity (Wildman–Crippen MR) is 102 cm³/mol. The highest BCUT2D eigenvalue weighted by Crippen LogP contribution is 2.38. The summed E-state index contributed by atoms with van der Waals surface area (Å²) in [6, 6.07) is 10.6. The van der Waals surface area contributed by atoms with Crippen molar-refractivity contribution in [1.29, 1.82) is 0 Å². The van der Waals surface area contributed by atoms with E-state index >= 15 is 0 Å². The Hall–Kier alpha value is -3.09. The van der Waals surface area contributed by atoms with Crippen LogP contribution in [0.15, 0.2) is 42.5 Å². The summed E-state index contributed by atoms with van der Waals surface area (Å²) >= 11 is 0. The lowest BCUT2D eigenvalue weighted by Crippen LogP contribution is -2.39. The standard InChI is InChI=1S/C21H23FN2O4/c1-27-16-9-10-17(19(12-16)28-2)18-4-3-11-24(18)20(25)13-23-21(26)14-5-7-15(22)8-6-14/h5-10,12,18H,3-4,11,13H2,1-2H3,(H,23,26)/t18-/m0/s1. The van der Waals surface area contributed by atoms with Gasteiger partial charge in [-0.1, -0.05) is 0 Å². The van der Waals surface area contributed by atoms with Crippen molar-refractivity contribution in [2.45, 2.75) is 18.9 Å². The number of carbonyl (C=O) groups excluding carboxylic acids is 2. The number of carbonyl (C=O) groups is 2. The SMILES string of the molecule is COc1ccc([C@@H]2CCCN2C(=O)CNC(=O)c2ccc(F)cc2)c(OC)c1. The van der Waals surface area contributed by atoms with Crippen LogP contribution in [0.2, 0.25) is 0 Å². The Morgan fingerprint density at radius 2 is 1.89 bits per heavy atom. The summed E-state index contributed by atoms with van der Waals surface area (Å²) in [7, 11) is 3.17. The number of halogens is 1. The maximum absolute atomic E-state index is 13.0. The number of amides is 2. The third-order valence-electron chi connectivity index (χ3n) is 4.88. The topological polar surface area (TPSA) is 67.9 Å². The van der Waals surface area contributed by atoms with E-state index in [-0.39, 0.29) is 18.5 Å². The molecular weight excluding hydrogens is 363 g/mol. The second-order valence-corrected chi connectivity index (χ2v) is 6.54. The molecule has 2 amide bonds. The van der Waals surface area contributed by atoms with E-state index in [1.807, 2.05) is 12.1 Å². The van der Waals surface area contributed by atoms with Crippen LogP contribution in [0.5, 0.6) is 11.5 Å². The van der Waals surface area contributed by atoms with Crippen molar-refractivity contribution in [3.8, 4) is 11.5 Å². The molecule has 0 aliphatic carbocycles. The molecule has 0 spiro atoms. The number of hydrogen-bond acceptors (Lipinski definition) is 4. The molecule has 1 saturated heterocycles. The average Bonchev–Trinajstić information content (AvgIpc) is 3.21. The normalized spacial score (nSPS) is 16.0. The van der Waals surface area contributed by atoms with E-state index in [9.17, 15) is 14.0 Å². The van der Waals surface area contributed by atoms with Crippen molar-refractivity contribution in [3.05, 3.63) is 59.4 Å². The molecular formula is C21H23FN2O4. The lowest BCUT2D eigenvalue weighted by atomic mass is 10.0. The quantitative estimate of drug-likeness (QED) is 0.829. The first-order chi connectivity index (χ1) is 13.5. The first-order valence-electron chi connectivity index (χ1n) is 9.08. The number of likely N-dealkylation sites (tertiary alicyclic amines) is 1. The zero-order valence-corrected chi connectivity index (χ0v) is 15.9. The van der Waals surface area contributed by atoms with Gasteiger partial charge in [-0.2, -0.15) is 0 Å². The van der Waals surface area contributed by atoms with Gasteiger partial charge >= 0.3 is 0 Å². The summed E-state index contributed by atoms with van der Waals surface area (Å²) in [5.41, 5.74) is 1.23. The Bertz CT molecular complexity index is 854. The summed E-state index contributed by atoms with van der Waals surface area (Å²) in [4.78, 5) is 26.6. The van der Waals surface area contributed by atoms with Crippen LogP contribution in [0.4, 0.5) is 4.39 Å². The van der Waals surface area contributed by atoms with Crippen LogP contribution in [0.3, 0.4) is 0 Å². The molecule has 0 aromatic heterocycles. The number of ether oxygens (including phenoxy) is 2. The molecule has 28 heavy (non-hydrogen) atoms. The first kappa shape index (κ1) is 19.7. The second kappa shape index (κ2) is 8.73. The van der Waals surface area contributed by atoms with E-state index in [1.54, 1.807) is 25.2 Å². The molecule has 0 radical (unpaired) electrons. The van der Waals surface area contributed by atoms with Crippen LogP contribution in [0.1, 0.15) is 34.8 Å². The van der Waals surface area contributed by atoms with E-state index < -0.39 is 11.7 Å². The number of rotatable bonds is 6. The van der Waals surface area contributed by atoms with Gasteiger partial charge in [-0.15, -0.1) is 0 Å². The molecule has 2 aromatic carbocycles. The number of methoxy groups -OCH3 is 2. The molecule has 0 unspecified atom stereocenters. The van der Waals surface area contributed by atoms with Gasteiger partial charge in [-0.25, -0.2) is 4.39 Å². The smallest absolute Gasteiger partial charge is 0.251 e. The van der Waals surface area contributed by atoms with Crippen molar-refractivity contribution >= 4 is 11.8 Å². The van der Waals surface area contributed by atoms with E-state index in [4.69, 9.17) is 9.47 Å². The van der Waals surface area contributed by atoms with Crippen LogP contribution >= 0.6 is 0 Å². The van der Waals surface area contributed by atoms with Crippen LogP contribution in [-0.2, 0) is 4.79 Å². The minimum Gasteiger partial charge on any atom is -0.497 e. The van der Waals surface area contributed by atoms with Gasteiger partial charge in [0.1, 0.15) is 17.3 Å². The Morgan fingerprint density at radius 1 is 1.14 bits per heavy atom. The average molecular weight is 386 g/mol. The molecule has 148 valence electrons. The lowest BCUT2D eigenvalue weighted by Gasteiger charge is -2.26. The number of hydrogen-bond donors (Lipinski definition) is 1. The fraction of sp³-hybridized carbons (Fsp3) is 0.333. The van der Waals surface area contributed by atoms with Crippen molar-refractivity contribution in [2.75, 3.05) is 27.3 Å². The zero-order chi connectivity index (χ0) is 20.1. The van der Waals surface area contributed by atoms with E-state index in [1.165, 1.54) is 24.3 Å². The summed E-state index contributed by atoms with van der Waals surface area (Å²) in [6.45, 7) is 0.496. The summed E-state index contributed by atoms with van der Waals surface area (Å²) in [5, 5.41) is 2.61. The lowest BCUT2D eigenvalue weighted by molar-refractivity contribution is -0.131. The van der Waals surface area contributed by atoms with Gasteiger partial charge in [-0.3, -0.25) is 9.59 Å². The molecule has 1 heterocycles. The van der Waals surface area contributed by atoms with Gasteiger partial charge in [0.15, 0.2) is 0 Å². The van der Waals surface area contributed by atoms with Crippen molar-refractivity contribution in [3.63, 3.8) is 0 Å². The molecule has 1 aliphatic heterocycles. The summed E-state index contributed by atoms with van der Waals surface area (Å²) in [6.07, 6.45) is 1.69. The first-order valence-corrected chi connectivity index (χ1v) is 9.08. The number of nitrogens with zero attached hydrogens (tertiary/aromatic N) is 1. The van der Waals surface area contributed by atoms with E-state index in [0.29, 0.717) is 23.6 Å². The van der Waals surface area contributed by atoms with Crippen molar-refractivity contribution in [2.24, 2.45) is 0 Å². The summed E-state index contributed by atoms with van der Waals surface area (Å²) in [5.74, 6) is 0.352. The fourth-order valence-corrected chi connectivity index (χ4v) is 3.44. The maximum atomic E-state index is 13.0. The van der Waals surface area contributed by atoms with Gasteiger partial charge in [0.2, 0.25) is 5.91 Å². The zero-order valence-electron chi connectivity index (χ0n) is 15.9. The maximum Gasteiger partial charge on any atom is 0.251 e. The third-order valence-corrected chi connectivity index (χ3v) is 4.88. The van der Waals surface area contributed by atoms with E-state index in [2.05, 4.69) is 5.32 Å². The Labute approximate surface area is 163 Å². The highest BCUT2D eigenvalue weighted by Gasteiger charge is 2.32. The van der Waals surface area contributed by atoms with Crippen LogP contribution < -0.4 is 14.8 Å². The highest BCUT2D eigenvalue weighted by molar-refractivity contribution is 5.96. The molecule has 7 heteroatoms. The minimum absolute atomic E-state index is 0.115. The molecule has 0 saturated carbocycles. The second-order valence-electron chi connectivity index (χ2n) is 6.54. The Morgan fingerprint density at radius 3 is 2.57 bits per heavy atom. The van der Waals surface area contributed by atoms with Gasteiger partial charge in [0.25, 0.3) is 5.91 Å². The fourth-order valence-electron chi connectivity index (χ4n) is 3.44. The Balaban J connectivity index is 1.68. The minimum atomic E-state index is -0.416. The monoisotopic (exact) mass is 386 g/mol. The van der Waals surface area contributed by atoms with Gasteiger partial charge in [-0.05, 0) is 49.2 Å². The largest absolute Gasteiger partial charge is 0.497 e. The molecule has 0 bridgehead atoms. The summed E-state index contributed by atoms with van der Waals surface area (Å²) < 4.78 is 23.7. The number of nitrogens with one attached hydrogen (secondary N) is 1. The molecule has 1 aliphatic rings. The molecule has 6 nitrogen and oxygen atoms in total. The third kappa shape index (κ3) is 4.24. The van der Waals surface area contributed by atoms with E-state index in [0.717, 1.165) is 18.4 Å². The number of benzene rings is 2. The molecule has 1 N–H and O–H groups in total. The van der Waals surface area contributed by atoms with Crippen LogP contribution in [-0.4, -0.2) is 44.0 Å². The molecule has 1 fully saturated rings.